The van der Waals surface area contributed by atoms with Crippen LogP contribution < -0.4 is 5.32 Å². The molecule has 1 aliphatic rings. The molecule has 1 aromatic rings. The molecule has 118 valence electrons. The zero-order valence-electron chi connectivity index (χ0n) is 11.6. The molecule has 0 radical (unpaired) electrons. The Bertz CT molecular complexity index is 564. The Balaban J connectivity index is 2.00. The largest absolute Gasteiger partial charge is 0.394 e. The lowest BCUT2D eigenvalue weighted by atomic mass is 9.98. The molecule has 0 spiro atoms. The van der Waals surface area contributed by atoms with E-state index in [2.05, 4.69) is 17.2 Å². The van der Waals surface area contributed by atoms with E-state index in [0.717, 1.165) is 0 Å². The van der Waals surface area contributed by atoms with Crippen LogP contribution in [0.5, 0.6) is 0 Å². The van der Waals surface area contributed by atoms with Crippen molar-refractivity contribution in [3.05, 3.63) is 35.9 Å². The molecule has 0 unspecified atom stereocenters. The summed E-state index contributed by atoms with van der Waals surface area (Å²) in [7, 11) is 0. The summed E-state index contributed by atoms with van der Waals surface area (Å²) in [5, 5.41) is 40.4. The summed E-state index contributed by atoms with van der Waals surface area (Å²) in [6, 6.07) is 8.83. The van der Waals surface area contributed by atoms with Crippen LogP contribution in [0.25, 0.3) is 0 Å². The lowest BCUT2D eigenvalue weighted by molar-refractivity contribution is -0.235. The molecule has 7 heteroatoms. The number of carbonyl (C=O) groups is 1. The molecule has 1 heterocycles. The van der Waals surface area contributed by atoms with Crippen molar-refractivity contribution in [3.8, 4) is 11.8 Å². The van der Waals surface area contributed by atoms with Crippen LogP contribution in [-0.4, -0.2) is 63.6 Å². The van der Waals surface area contributed by atoms with Gasteiger partial charge in [-0.3, -0.25) is 4.79 Å². The van der Waals surface area contributed by atoms with E-state index >= 15 is 0 Å². The second-order valence-corrected chi connectivity index (χ2v) is 4.84. The molecule has 0 saturated carbocycles. The molecule has 7 nitrogen and oxygen atoms in total. The number of hydrogen-bond donors (Lipinski definition) is 5. The quantitative estimate of drug-likeness (QED) is 0.401. The first-order valence-corrected chi connectivity index (χ1v) is 6.71. The Morgan fingerprint density at radius 1 is 1.14 bits per heavy atom. The first kappa shape index (κ1) is 16.4. The molecule has 1 amide bonds. The smallest absolute Gasteiger partial charge is 0.298 e. The SMILES string of the molecule is O=C(C#Cc1ccccc1)N[C@@H]1O[C@H](CO)[C@@H](O)[C@H](O)[C@H]1O. The van der Waals surface area contributed by atoms with Gasteiger partial charge < -0.3 is 30.5 Å². The van der Waals surface area contributed by atoms with Crippen LogP contribution in [0, 0.1) is 11.8 Å². The summed E-state index contributed by atoms with van der Waals surface area (Å²) in [4.78, 5) is 11.7. The van der Waals surface area contributed by atoms with E-state index < -0.39 is 43.2 Å². The summed E-state index contributed by atoms with van der Waals surface area (Å²) in [5.74, 6) is 4.25. The zero-order chi connectivity index (χ0) is 16.1. The summed E-state index contributed by atoms with van der Waals surface area (Å²) in [6.07, 6.45) is -6.89. The van der Waals surface area contributed by atoms with Gasteiger partial charge in [0.15, 0.2) is 6.23 Å². The maximum atomic E-state index is 11.7. The van der Waals surface area contributed by atoms with Crippen molar-refractivity contribution in [2.24, 2.45) is 0 Å². The number of ether oxygens (including phenoxy) is 1. The van der Waals surface area contributed by atoms with Gasteiger partial charge in [-0.15, -0.1) is 0 Å². The van der Waals surface area contributed by atoms with Crippen LogP contribution in [0.1, 0.15) is 5.56 Å². The standard InChI is InChI=1S/C15H17NO6/c17-8-10-12(19)13(20)14(21)15(22-10)16-11(18)7-6-9-4-2-1-3-5-9/h1-5,10,12-15,17,19-21H,8H2,(H,16,18)/t10-,12-,13+,14-,15-/m1/s1. The predicted octanol–water partition coefficient (Wildman–Crippen LogP) is -2.05. The molecule has 0 bridgehead atoms. The molecule has 2 rings (SSSR count). The third-order valence-corrected chi connectivity index (χ3v) is 3.26. The van der Waals surface area contributed by atoms with Gasteiger partial charge in [-0.25, -0.2) is 0 Å². The van der Waals surface area contributed by atoms with E-state index in [1.165, 1.54) is 0 Å². The van der Waals surface area contributed by atoms with Crippen LogP contribution in [0.4, 0.5) is 0 Å². The van der Waals surface area contributed by atoms with Crippen molar-refractivity contribution < 1.29 is 30.0 Å². The second kappa shape index (κ2) is 7.35. The lowest BCUT2D eigenvalue weighted by Gasteiger charge is -2.39. The van der Waals surface area contributed by atoms with Gasteiger partial charge in [-0.05, 0) is 12.1 Å². The first-order valence-electron chi connectivity index (χ1n) is 6.71. The Kier molecular flexibility index (Phi) is 5.49. The van der Waals surface area contributed by atoms with Crippen LogP contribution in [0.3, 0.4) is 0 Å². The topological polar surface area (TPSA) is 119 Å². The van der Waals surface area contributed by atoms with Gasteiger partial charge in [0, 0.05) is 11.5 Å². The van der Waals surface area contributed by atoms with Crippen molar-refractivity contribution in [2.75, 3.05) is 6.61 Å². The summed E-state index contributed by atoms with van der Waals surface area (Å²) in [6.45, 7) is -0.562. The molecule has 1 aliphatic heterocycles. The average molecular weight is 307 g/mol. The maximum Gasteiger partial charge on any atom is 0.298 e. The second-order valence-electron chi connectivity index (χ2n) is 4.84. The fraction of sp³-hybridized carbons (Fsp3) is 0.400. The number of benzene rings is 1. The lowest BCUT2D eigenvalue weighted by Crippen LogP contribution is -2.63. The van der Waals surface area contributed by atoms with E-state index in [9.17, 15) is 20.1 Å². The van der Waals surface area contributed by atoms with E-state index in [-0.39, 0.29) is 0 Å². The molecule has 1 aromatic carbocycles. The predicted molar refractivity (Wildman–Crippen MR) is 75.2 cm³/mol. The van der Waals surface area contributed by atoms with Crippen LogP contribution in [0.15, 0.2) is 30.3 Å². The Hall–Kier alpha value is -1.95. The number of hydrogen-bond acceptors (Lipinski definition) is 6. The van der Waals surface area contributed by atoms with E-state index in [0.29, 0.717) is 5.56 Å². The van der Waals surface area contributed by atoms with Crippen LogP contribution in [-0.2, 0) is 9.53 Å². The fourth-order valence-corrected chi connectivity index (χ4v) is 2.04. The summed E-state index contributed by atoms with van der Waals surface area (Å²) >= 11 is 0. The van der Waals surface area contributed by atoms with Crippen molar-refractivity contribution in [2.45, 2.75) is 30.6 Å². The third-order valence-electron chi connectivity index (χ3n) is 3.26. The van der Waals surface area contributed by atoms with Gasteiger partial charge in [0.1, 0.15) is 24.4 Å². The molecule has 5 N–H and O–H groups in total. The van der Waals surface area contributed by atoms with Gasteiger partial charge in [0.25, 0.3) is 5.91 Å². The molecular formula is C15H17NO6. The van der Waals surface area contributed by atoms with E-state index in [1.807, 2.05) is 6.07 Å². The number of amides is 1. The normalized spacial score (nSPS) is 31.0. The highest BCUT2D eigenvalue weighted by Gasteiger charge is 2.43. The number of aliphatic hydroxyl groups is 4. The highest BCUT2D eigenvalue weighted by molar-refractivity contribution is 5.94. The van der Waals surface area contributed by atoms with Crippen LogP contribution >= 0.6 is 0 Å². The Labute approximate surface area is 127 Å². The Morgan fingerprint density at radius 3 is 2.45 bits per heavy atom. The van der Waals surface area contributed by atoms with Crippen molar-refractivity contribution in [1.29, 1.82) is 0 Å². The fourth-order valence-electron chi connectivity index (χ4n) is 2.04. The molecule has 5 atom stereocenters. The molecular weight excluding hydrogens is 290 g/mol. The maximum absolute atomic E-state index is 11.7. The van der Waals surface area contributed by atoms with Gasteiger partial charge in [0.2, 0.25) is 0 Å². The monoisotopic (exact) mass is 307 g/mol. The first-order chi connectivity index (χ1) is 10.5. The molecule has 0 aromatic heterocycles. The molecule has 0 aliphatic carbocycles. The molecule has 1 fully saturated rings. The van der Waals surface area contributed by atoms with Gasteiger partial charge in [-0.1, -0.05) is 24.1 Å². The van der Waals surface area contributed by atoms with Crippen molar-refractivity contribution in [1.82, 2.24) is 5.32 Å². The van der Waals surface area contributed by atoms with Crippen molar-refractivity contribution in [3.63, 3.8) is 0 Å². The minimum Gasteiger partial charge on any atom is -0.394 e. The molecule has 22 heavy (non-hydrogen) atoms. The number of carbonyl (C=O) groups excluding carboxylic acids is 1. The summed E-state index contributed by atoms with van der Waals surface area (Å²) < 4.78 is 5.14. The summed E-state index contributed by atoms with van der Waals surface area (Å²) in [5.41, 5.74) is 0.645. The van der Waals surface area contributed by atoms with E-state index in [1.54, 1.807) is 24.3 Å². The molecule has 1 saturated heterocycles. The number of rotatable bonds is 2. The van der Waals surface area contributed by atoms with Gasteiger partial charge in [-0.2, -0.15) is 0 Å². The van der Waals surface area contributed by atoms with Crippen molar-refractivity contribution >= 4 is 5.91 Å². The number of nitrogens with one attached hydrogen (secondary N) is 1. The van der Waals surface area contributed by atoms with Crippen LogP contribution in [0.2, 0.25) is 0 Å². The third kappa shape index (κ3) is 3.82. The average Bonchev–Trinajstić information content (AvgIpc) is 2.54. The van der Waals surface area contributed by atoms with Gasteiger partial charge in [0.05, 0.1) is 6.61 Å². The van der Waals surface area contributed by atoms with Gasteiger partial charge >= 0.3 is 0 Å². The highest BCUT2D eigenvalue weighted by atomic mass is 16.6. The minimum atomic E-state index is -1.54. The minimum absolute atomic E-state index is 0.562. The Morgan fingerprint density at radius 2 is 1.82 bits per heavy atom. The number of aliphatic hydroxyl groups excluding tert-OH is 4. The zero-order valence-corrected chi connectivity index (χ0v) is 11.6. The highest BCUT2D eigenvalue weighted by Crippen LogP contribution is 2.19. The van der Waals surface area contributed by atoms with E-state index in [4.69, 9.17) is 9.84 Å².